The number of halogens is 3. The molecule has 4 N–H and O–H groups in total. The summed E-state index contributed by atoms with van der Waals surface area (Å²) in [6.07, 6.45) is -4.40. The van der Waals surface area contributed by atoms with Crippen LogP contribution in [0.5, 0.6) is 0 Å². The molecule has 102 valence electrons. The van der Waals surface area contributed by atoms with Crippen molar-refractivity contribution < 1.29 is 13.2 Å². The molecule has 1 aliphatic rings. The number of nitrogens with one attached hydrogen (secondary N) is 2. The van der Waals surface area contributed by atoms with Crippen LogP contribution in [-0.2, 0) is 5.41 Å². The van der Waals surface area contributed by atoms with Gasteiger partial charge in [0.25, 0.3) is 0 Å². The molecule has 1 saturated heterocycles. The molecule has 1 atom stereocenters. The summed E-state index contributed by atoms with van der Waals surface area (Å²) in [5.74, 6) is 0.134. The lowest BCUT2D eigenvalue weighted by molar-refractivity contribution is -0.186. The van der Waals surface area contributed by atoms with E-state index in [1.165, 1.54) is 6.07 Å². The maximum absolute atomic E-state index is 13.4. The first kappa shape index (κ1) is 12.2. The average molecular weight is 271 g/mol. The van der Waals surface area contributed by atoms with Crippen molar-refractivity contribution >= 4 is 17.0 Å². The number of aromatic nitrogens is 3. The van der Waals surface area contributed by atoms with E-state index in [2.05, 4.69) is 20.3 Å². The first-order valence-corrected chi connectivity index (χ1v) is 5.82. The van der Waals surface area contributed by atoms with Gasteiger partial charge in [-0.05, 0) is 25.1 Å². The fraction of sp³-hybridized carbons (Fsp3) is 0.455. The predicted octanol–water partition coefficient (Wildman–Crippen LogP) is 1.33. The molecule has 0 radical (unpaired) electrons. The first-order chi connectivity index (χ1) is 8.92. The van der Waals surface area contributed by atoms with Gasteiger partial charge in [-0.3, -0.25) is 0 Å². The SMILES string of the molecule is Nc1ccc2[nH]c(C3(C(F)(F)F)CCNC3)nc2n1. The van der Waals surface area contributed by atoms with Gasteiger partial charge in [0.1, 0.15) is 17.1 Å². The van der Waals surface area contributed by atoms with E-state index in [1.807, 2.05) is 0 Å². The van der Waals surface area contributed by atoms with E-state index in [9.17, 15) is 13.2 Å². The zero-order valence-electron chi connectivity index (χ0n) is 9.88. The van der Waals surface area contributed by atoms with Crippen LogP contribution in [0.25, 0.3) is 11.2 Å². The smallest absolute Gasteiger partial charge is 0.384 e. The Balaban J connectivity index is 2.16. The summed E-state index contributed by atoms with van der Waals surface area (Å²) in [5.41, 5.74) is 4.21. The number of pyridine rings is 1. The number of hydrogen-bond acceptors (Lipinski definition) is 4. The van der Waals surface area contributed by atoms with Crippen molar-refractivity contribution in [2.75, 3.05) is 18.8 Å². The second-order valence-corrected chi connectivity index (χ2v) is 4.70. The summed E-state index contributed by atoms with van der Waals surface area (Å²) >= 11 is 0. The van der Waals surface area contributed by atoms with Crippen molar-refractivity contribution in [3.8, 4) is 0 Å². The van der Waals surface area contributed by atoms with E-state index in [0.717, 1.165) is 0 Å². The van der Waals surface area contributed by atoms with Gasteiger partial charge in [-0.25, -0.2) is 9.97 Å². The standard InChI is InChI=1S/C11H12F3N5/c12-11(13,14)10(3-4-16-5-10)9-17-6-1-2-7(15)18-8(6)19-9/h1-2,16H,3-5H2,(H3,15,17,18,19). The van der Waals surface area contributed by atoms with Gasteiger partial charge < -0.3 is 16.0 Å². The molecule has 0 aromatic carbocycles. The van der Waals surface area contributed by atoms with Crippen molar-refractivity contribution in [2.45, 2.75) is 18.0 Å². The van der Waals surface area contributed by atoms with Crippen molar-refractivity contribution in [1.29, 1.82) is 0 Å². The summed E-state index contributed by atoms with van der Waals surface area (Å²) in [7, 11) is 0. The minimum Gasteiger partial charge on any atom is -0.384 e. The third-order valence-electron chi connectivity index (χ3n) is 3.52. The van der Waals surface area contributed by atoms with Gasteiger partial charge >= 0.3 is 6.18 Å². The lowest BCUT2D eigenvalue weighted by Gasteiger charge is -2.28. The fourth-order valence-electron chi connectivity index (χ4n) is 2.40. The molecule has 0 saturated carbocycles. The third-order valence-corrected chi connectivity index (χ3v) is 3.52. The number of alkyl halides is 3. The summed E-state index contributed by atoms with van der Waals surface area (Å²) < 4.78 is 40.1. The van der Waals surface area contributed by atoms with E-state index in [0.29, 0.717) is 12.1 Å². The summed E-state index contributed by atoms with van der Waals surface area (Å²) in [6.45, 7) is 0.137. The van der Waals surface area contributed by atoms with Gasteiger partial charge in [0.05, 0.1) is 5.52 Å². The highest BCUT2D eigenvalue weighted by atomic mass is 19.4. The largest absolute Gasteiger partial charge is 0.402 e. The van der Waals surface area contributed by atoms with Crippen LogP contribution in [-0.4, -0.2) is 34.2 Å². The van der Waals surface area contributed by atoms with Crippen molar-refractivity contribution in [3.05, 3.63) is 18.0 Å². The molecule has 3 heterocycles. The molecular formula is C11H12F3N5. The Kier molecular flexibility index (Phi) is 2.46. The lowest BCUT2D eigenvalue weighted by Crippen LogP contribution is -2.45. The quantitative estimate of drug-likeness (QED) is 0.731. The molecule has 0 bridgehead atoms. The van der Waals surface area contributed by atoms with Crippen LogP contribution in [0.3, 0.4) is 0 Å². The van der Waals surface area contributed by atoms with Gasteiger partial charge in [-0.1, -0.05) is 0 Å². The van der Waals surface area contributed by atoms with Gasteiger partial charge in [-0.2, -0.15) is 13.2 Å². The lowest BCUT2D eigenvalue weighted by atomic mass is 9.85. The highest BCUT2D eigenvalue weighted by Crippen LogP contribution is 2.44. The zero-order chi connectivity index (χ0) is 13.7. The number of imidazole rings is 1. The van der Waals surface area contributed by atoms with Crippen LogP contribution < -0.4 is 11.1 Å². The van der Waals surface area contributed by atoms with Crippen molar-refractivity contribution in [3.63, 3.8) is 0 Å². The fourth-order valence-corrected chi connectivity index (χ4v) is 2.40. The number of nitrogen functional groups attached to an aromatic ring is 1. The molecule has 1 unspecified atom stereocenters. The molecule has 1 fully saturated rings. The normalized spacial score (nSPS) is 24.2. The number of H-pyrrole nitrogens is 1. The van der Waals surface area contributed by atoms with Gasteiger partial charge in [-0.15, -0.1) is 0 Å². The number of rotatable bonds is 1. The average Bonchev–Trinajstić information content (AvgIpc) is 2.93. The van der Waals surface area contributed by atoms with Gasteiger partial charge in [0.15, 0.2) is 5.65 Å². The Bertz CT molecular complexity index is 612. The maximum Gasteiger partial charge on any atom is 0.402 e. The highest BCUT2D eigenvalue weighted by Gasteiger charge is 2.59. The Hall–Kier alpha value is -1.83. The molecule has 1 aliphatic heterocycles. The maximum atomic E-state index is 13.4. The predicted molar refractivity (Wildman–Crippen MR) is 63.5 cm³/mol. The second kappa shape index (κ2) is 3.83. The van der Waals surface area contributed by atoms with Crippen LogP contribution in [0.15, 0.2) is 12.1 Å². The van der Waals surface area contributed by atoms with E-state index in [4.69, 9.17) is 5.73 Å². The first-order valence-electron chi connectivity index (χ1n) is 5.82. The third kappa shape index (κ3) is 1.74. The van der Waals surface area contributed by atoms with Crippen molar-refractivity contribution in [2.24, 2.45) is 0 Å². The molecule has 2 aromatic rings. The number of aromatic amines is 1. The van der Waals surface area contributed by atoms with Crippen LogP contribution >= 0.6 is 0 Å². The van der Waals surface area contributed by atoms with E-state index in [1.54, 1.807) is 6.07 Å². The minimum absolute atomic E-state index is 0.0359. The molecular weight excluding hydrogens is 259 g/mol. The topological polar surface area (TPSA) is 79.6 Å². The summed E-state index contributed by atoms with van der Waals surface area (Å²) in [6, 6.07) is 3.11. The van der Waals surface area contributed by atoms with Gasteiger partial charge in [0, 0.05) is 6.54 Å². The van der Waals surface area contributed by atoms with Crippen LogP contribution in [0, 0.1) is 0 Å². The molecule has 19 heavy (non-hydrogen) atoms. The Labute approximate surface area is 106 Å². The molecule has 0 spiro atoms. The Morgan fingerprint density at radius 3 is 2.68 bits per heavy atom. The summed E-state index contributed by atoms with van der Waals surface area (Å²) in [4.78, 5) is 10.6. The molecule has 2 aromatic heterocycles. The van der Waals surface area contributed by atoms with E-state index >= 15 is 0 Å². The van der Waals surface area contributed by atoms with Crippen LogP contribution in [0.1, 0.15) is 12.2 Å². The Morgan fingerprint density at radius 2 is 2.05 bits per heavy atom. The second-order valence-electron chi connectivity index (χ2n) is 4.70. The minimum atomic E-state index is -4.37. The van der Waals surface area contributed by atoms with Crippen LogP contribution in [0.2, 0.25) is 0 Å². The molecule has 5 nitrogen and oxygen atoms in total. The summed E-state index contributed by atoms with van der Waals surface area (Å²) in [5, 5.41) is 2.75. The Morgan fingerprint density at radius 1 is 1.26 bits per heavy atom. The van der Waals surface area contributed by atoms with Gasteiger partial charge in [0.2, 0.25) is 0 Å². The van der Waals surface area contributed by atoms with E-state index in [-0.39, 0.29) is 30.3 Å². The number of fused-ring (bicyclic) bond motifs is 1. The highest BCUT2D eigenvalue weighted by molar-refractivity contribution is 5.72. The molecule has 0 amide bonds. The number of nitrogens with two attached hydrogens (primary N) is 1. The molecule has 0 aliphatic carbocycles. The van der Waals surface area contributed by atoms with E-state index < -0.39 is 11.6 Å². The monoisotopic (exact) mass is 271 g/mol. The van der Waals surface area contributed by atoms with Crippen molar-refractivity contribution in [1.82, 2.24) is 20.3 Å². The number of hydrogen-bond donors (Lipinski definition) is 3. The van der Waals surface area contributed by atoms with Crippen LogP contribution in [0.4, 0.5) is 19.0 Å². The number of nitrogens with zero attached hydrogens (tertiary/aromatic N) is 2. The molecule has 3 rings (SSSR count). The number of anilines is 1. The zero-order valence-corrected chi connectivity index (χ0v) is 9.88. The molecule has 8 heteroatoms.